The van der Waals surface area contributed by atoms with E-state index < -0.39 is 0 Å². The van der Waals surface area contributed by atoms with Gasteiger partial charge >= 0.3 is 0 Å². The van der Waals surface area contributed by atoms with E-state index in [1.54, 1.807) is 0 Å². The molecule has 0 radical (unpaired) electrons. The van der Waals surface area contributed by atoms with Crippen LogP contribution in [0.4, 0.5) is 0 Å². The Balaban J connectivity index is 2.10. The first-order valence-electron chi connectivity index (χ1n) is 8.37. The third kappa shape index (κ3) is 3.40. The number of halogens is 1. The fourth-order valence-electron chi connectivity index (χ4n) is 4.37. The summed E-state index contributed by atoms with van der Waals surface area (Å²) >= 11 is 3.81. The number of carbonyl (C=O) groups is 1. The Morgan fingerprint density at radius 3 is 2.35 bits per heavy atom. The molecule has 2 saturated carbocycles. The summed E-state index contributed by atoms with van der Waals surface area (Å²) in [6, 6.07) is 0.404. The predicted molar refractivity (Wildman–Crippen MR) is 88.1 cm³/mol. The lowest BCUT2D eigenvalue weighted by molar-refractivity contribution is -0.144. The molecule has 0 aromatic carbocycles. The van der Waals surface area contributed by atoms with Crippen molar-refractivity contribution in [1.82, 2.24) is 4.90 Å². The summed E-state index contributed by atoms with van der Waals surface area (Å²) in [5.41, 5.74) is -0.0485. The van der Waals surface area contributed by atoms with Crippen LogP contribution in [0.15, 0.2) is 0 Å². The summed E-state index contributed by atoms with van der Waals surface area (Å²) in [7, 11) is 2.05. The van der Waals surface area contributed by atoms with Crippen molar-refractivity contribution in [2.24, 2.45) is 11.3 Å². The number of hydrogen-bond acceptors (Lipinski definition) is 1. The number of carbonyl (C=O) groups excluding carboxylic acids is 1. The predicted octanol–water partition coefficient (Wildman–Crippen LogP) is 4.76. The summed E-state index contributed by atoms with van der Waals surface area (Å²) in [5.74, 6) is 1.04. The highest BCUT2D eigenvalue weighted by atomic mass is 79.9. The molecule has 0 aromatic heterocycles. The number of hydrogen-bond donors (Lipinski definition) is 0. The van der Waals surface area contributed by atoms with Crippen molar-refractivity contribution in [3.05, 3.63) is 0 Å². The third-order valence-corrected chi connectivity index (χ3v) is 6.35. The average molecular weight is 344 g/mol. The van der Waals surface area contributed by atoms with E-state index in [9.17, 15) is 4.79 Å². The molecule has 2 aliphatic rings. The molecule has 0 spiro atoms. The largest absolute Gasteiger partial charge is 0.341 e. The second-order valence-electron chi connectivity index (χ2n) is 7.37. The van der Waals surface area contributed by atoms with E-state index in [1.807, 2.05) is 7.05 Å². The van der Waals surface area contributed by atoms with Crippen molar-refractivity contribution in [3.63, 3.8) is 0 Å². The van der Waals surface area contributed by atoms with Crippen LogP contribution in [0.5, 0.6) is 0 Å². The fraction of sp³-hybridized carbons (Fsp3) is 0.941. The summed E-state index contributed by atoms with van der Waals surface area (Å²) in [6.45, 7) is 4.50. The zero-order chi connectivity index (χ0) is 14.8. The van der Waals surface area contributed by atoms with E-state index in [0.717, 1.165) is 25.7 Å². The number of amides is 1. The van der Waals surface area contributed by atoms with Crippen LogP contribution in [-0.4, -0.2) is 28.7 Å². The van der Waals surface area contributed by atoms with Crippen LogP contribution in [0.2, 0.25) is 0 Å². The Kier molecular flexibility index (Phi) is 5.56. The maximum absolute atomic E-state index is 13.2. The van der Waals surface area contributed by atoms with Crippen LogP contribution >= 0.6 is 15.9 Å². The van der Waals surface area contributed by atoms with Gasteiger partial charge in [-0.15, -0.1) is 0 Å². The van der Waals surface area contributed by atoms with Gasteiger partial charge in [0.1, 0.15) is 0 Å². The normalized spacial score (nSPS) is 29.6. The lowest BCUT2D eigenvalue weighted by Gasteiger charge is -2.41. The summed E-state index contributed by atoms with van der Waals surface area (Å²) in [6.07, 6.45) is 10.7. The van der Waals surface area contributed by atoms with Crippen LogP contribution < -0.4 is 0 Å². The second kappa shape index (κ2) is 6.81. The molecule has 20 heavy (non-hydrogen) atoms. The van der Waals surface area contributed by atoms with E-state index in [2.05, 4.69) is 34.7 Å². The first-order valence-corrected chi connectivity index (χ1v) is 9.29. The molecule has 0 saturated heterocycles. The Morgan fingerprint density at radius 2 is 1.80 bits per heavy atom. The van der Waals surface area contributed by atoms with E-state index >= 15 is 0 Å². The molecule has 0 aliphatic heterocycles. The minimum atomic E-state index is -0.0485. The molecular weight excluding hydrogens is 314 g/mol. The van der Waals surface area contributed by atoms with Crippen molar-refractivity contribution in [2.75, 3.05) is 7.05 Å². The standard InChI is InChI=1S/C17H30BrNO/c1-13(2)12-17(10-6-7-11-17)16(20)19(3)15-9-5-4-8-14(15)18/h13-15H,4-12H2,1-3H3. The Hall–Kier alpha value is -0.0500. The van der Waals surface area contributed by atoms with Gasteiger partial charge in [-0.25, -0.2) is 0 Å². The van der Waals surface area contributed by atoms with Gasteiger partial charge in [-0.1, -0.05) is 55.5 Å². The lowest BCUT2D eigenvalue weighted by Crippen LogP contribution is -2.50. The molecule has 3 heteroatoms. The SMILES string of the molecule is CC(C)CC1(C(=O)N(C)C2CCCCC2Br)CCCC1. The average Bonchev–Trinajstić information content (AvgIpc) is 2.86. The highest BCUT2D eigenvalue weighted by molar-refractivity contribution is 9.09. The van der Waals surface area contributed by atoms with Gasteiger partial charge in [0.05, 0.1) is 0 Å². The van der Waals surface area contributed by atoms with Gasteiger partial charge in [0.25, 0.3) is 0 Å². The molecule has 0 aromatic rings. The Morgan fingerprint density at radius 1 is 1.20 bits per heavy atom. The zero-order valence-corrected chi connectivity index (χ0v) is 14.9. The minimum Gasteiger partial charge on any atom is -0.341 e. The fourth-order valence-corrected chi connectivity index (χ4v) is 5.31. The molecular formula is C17H30BrNO. The quantitative estimate of drug-likeness (QED) is 0.674. The molecule has 2 nitrogen and oxygen atoms in total. The van der Waals surface area contributed by atoms with E-state index in [-0.39, 0.29) is 5.41 Å². The molecule has 2 fully saturated rings. The summed E-state index contributed by atoms with van der Waals surface area (Å²) < 4.78 is 0. The summed E-state index contributed by atoms with van der Waals surface area (Å²) in [5, 5.41) is 0. The van der Waals surface area contributed by atoms with Crippen molar-refractivity contribution < 1.29 is 4.79 Å². The van der Waals surface area contributed by atoms with Gasteiger partial charge in [0.2, 0.25) is 5.91 Å². The lowest BCUT2D eigenvalue weighted by atomic mass is 9.76. The van der Waals surface area contributed by atoms with Crippen LogP contribution in [0, 0.1) is 11.3 Å². The highest BCUT2D eigenvalue weighted by Crippen LogP contribution is 2.45. The van der Waals surface area contributed by atoms with Crippen molar-refractivity contribution in [1.29, 1.82) is 0 Å². The van der Waals surface area contributed by atoms with Crippen LogP contribution in [0.1, 0.15) is 71.6 Å². The molecule has 2 unspecified atom stereocenters. The topological polar surface area (TPSA) is 20.3 Å². The van der Waals surface area contributed by atoms with Crippen molar-refractivity contribution in [3.8, 4) is 0 Å². The smallest absolute Gasteiger partial charge is 0.228 e. The Labute approximate surface area is 132 Å². The molecule has 116 valence electrons. The first-order chi connectivity index (χ1) is 9.46. The minimum absolute atomic E-state index is 0.0485. The third-order valence-electron chi connectivity index (χ3n) is 5.28. The second-order valence-corrected chi connectivity index (χ2v) is 8.55. The molecule has 2 atom stereocenters. The molecule has 2 rings (SSSR count). The van der Waals surface area contributed by atoms with E-state index in [1.165, 1.54) is 32.1 Å². The maximum atomic E-state index is 13.2. The summed E-state index contributed by atoms with van der Waals surface area (Å²) in [4.78, 5) is 15.7. The van der Waals surface area contributed by atoms with E-state index in [4.69, 9.17) is 0 Å². The highest BCUT2D eigenvalue weighted by Gasteiger charge is 2.45. The molecule has 1 amide bonds. The van der Waals surface area contributed by atoms with Crippen LogP contribution in [0.3, 0.4) is 0 Å². The number of nitrogens with zero attached hydrogens (tertiary/aromatic N) is 1. The van der Waals surface area contributed by atoms with Gasteiger partial charge in [0, 0.05) is 23.3 Å². The van der Waals surface area contributed by atoms with Crippen LogP contribution in [0.25, 0.3) is 0 Å². The van der Waals surface area contributed by atoms with Gasteiger partial charge in [0.15, 0.2) is 0 Å². The van der Waals surface area contributed by atoms with Crippen LogP contribution in [-0.2, 0) is 4.79 Å². The maximum Gasteiger partial charge on any atom is 0.228 e. The monoisotopic (exact) mass is 343 g/mol. The van der Waals surface area contributed by atoms with Gasteiger partial charge in [-0.3, -0.25) is 4.79 Å². The number of rotatable bonds is 4. The Bertz CT molecular complexity index is 336. The van der Waals surface area contributed by atoms with E-state index in [0.29, 0.717) is 22.7 Å². The van der Waals surface area contributed by atoms with Crippen molar-refractivity contribution >= 4 is 21.8 Å². The zero-order valence-electron chi connectivity index (χ0n) is 13.3. The molecule has 0 N–H and O–H groups in total. The molecule has 0 heterocycles. The number of alkyl halides is 1. The van der Waals surface area contributed by atoms with Gasteiger partial charge < -0.3 is 4.90 Å². The molecule has 2 aliphatic carbocycles. The van der Waals surface area contributed by atoms with Gasteiger partial charge in [-0.2, -0.15) is 0 Å². The molecule has 0 bridgehead atoms. The van der Waals surface area contributed by atoms with Crippen molar-refractivity contribution in [2.45, 2.75) is 82.5 Å². The van der Waals surface area contributed by atoms with Gasteiger partial charge in [-0.05, 0) is 38.0 Å². The first kappa shape index (κ1) is 16.3.